The molecule has 182 valence electrons. The summed E-state index contributed by atoms with van der Waals surface area (Å²) in [5.41, 5.74) is 7.95. The number of aromatic nitrogens is 7. The third kappa shape index (κ3) is 4.83. The summed E-state index contributed by atoms with van der Waals surface area (Å²) >= 11 is 0. The number of carbonyl (C=O) groups is 1. The Hall–Kier alpha value is -3.93. The van der Waals surface area contributed by atoms with Gasteiger partial charge in [0.1, 0.15) is 5.82 Å². The van der Waals surface area contributed by atoms with Crippen LogP contribution in [0.1, 0.15) is 26.2 Å². The second-order valence-electron chi connectivity index (χ2n) is 8.51. The van der Waals surface area contributed by atoms with Crippen LogP contribution in [0.3, 0.4) is 0 Å². The number of anilines is 1. The number of nitrogens with two attached hydrogens (primary N) is 1. The van der Waals surface area contributed by atoms with Gasteiger partial charge >= 0.3 is 0 Å². The fraction of sp³-hybridized carbons (Fsp3) is 0.391. The molecular weight excluding hydrogens is 453 g/mol. The SMILES string of the molecule is CCOCCn1cc(-c2ccc(-n3nnc4cnc(NC5CCC(C(N)=O)C5)nc43)cc2F)cn1. The molecule has 3 N–H and O–H groups in total. The molecule has 1 aliphatic carbocycles. The van der Waals surface area contributed by atoms with Crippen LogP contribution in [0.15, 0.2) is 36.8 Å². The van der Waals surface area contributed by atoms with E-state index in [1.165, 1.54) is 10.7 Å². The number of amides is 1. The van der Waals surface area contributed by atoms with E-state index in [0.29, 0.717) is 60.1 Å². The van der Waals surface area contributed by atoms with Gasteiger partial charge in [0, 0.05) is 42.0 Å². The number of hydrogen-bond acceptors (Lipinski definition) is 8. The highest BCUT2D eigenvalue weighted by atomic mass is 19.1. The lowest BCUT2D eigenvalue weighted by Crippen LogP contribution is -2.23. The summed E-state index contributed by atoms with van der Waals surface area (Å²) in [7, 11) is 0. The van der Waals surface area contributed by atoms with E-state index < -0.39 is 5.82 Å². The summed E-state index contributed by atoms with van der Waals surface area (Å²) in [5, 5.41) is 15.8. The fourth-order valence-corrected chi connectivity index (χ4v) is 4.32. The molecule has 2 unspecified atom stereocenters. The van der Waals surface area contributed by atoms with Crippen LogP contribution in [0, 0.1) is 11.7 Å². The summed E-state index contributed by atoms with van der Waals surface area (Å²) in [6, 6.07) is 4.89. The van der Waals surface area contributed by atoms with Gasteiger partial charge < -0.3 is 15.8 Å². The largest absolute Gasteiger partial charge is 0.380 e. The van der Waals surface area contributed by atoms with E-state index in [2.05, 4.69) is 30.7 Å². The zero-order valence-corrected chi connectivity index (χ0v) is 19.3. The van der Waals surface area contributed by atoms with Crippen molar-refractivity contribution in [2.75, 3.05) is 18.5 Å². The van der Waals surface area contributed by atoms with Crippen LogP contribution in [0.2, 0.25) is 0 Å². The van der Waals surface area contributed by atoms with Crippen molar-refractivity contribution in [2.45, 2.75) is 38.8 Å². The predicted octanol–water partition coefficient (Wildman–Crippen LogP) is 2.32. The van der Waals surface area contributed by atoms with Crippen molar-refractivity contribution in [3.63, 3.8) is 0 Å². The molecule has 2 atom stereocenters. The molecule has 0 bridgehead atoms. The quantitative estimate of drug-likeness (QED) is 0.349. The van der Waals surface area contributed by atoms with E-state index in [-0.39, 0.29) is 17.9 Å². The minimum atomic E-state index is -0.411. The van der Waals surface area contributed by atoms with Crippen LogP contribution >= 0.6 is 0 Å². The fourth-order valence-electron chi connectivity index (χ4n) is 4.32. The van der Waals surface area contributed by atoms with Gasteiger partial charge in [0.25, 0.3) is 0 Å². The van der Waals surface area contributed by atoms with Gasteiger partial charge in [-0.1, -0.05) is 5.21 Å². The Morgan fingerprint density at radius 1 is 1.31 bits per heavy atom. The zero-order valence-electron chi connectivity index (χ0n) is 19.3. The molecule has 5 rings (SSSR count). The minimum Gasteiger partial charge on any atom is -0.380 e. The van der Waals surface area contributed by atoms with E-state index in [0.717, 1.165) is 12.8 Å². The molecule has 12 heteroatoms. The molecule has 0 aliphatic heterocycles. The van der Waals surface area contributed by atoms with Gasteiger partial charge in [0.05, 0.1) is 31.2 Å². The normalized spacial score (nSPS) is 17.8. The maximum absolute atomic E-state index is 15.1. The first-order valence-electron chi connectivity index (χ1n) is 11.6. The summed E-state index contributed by atoms with van der Waals surface area (Å²) in [5.74, 6) is -0.433. The number of fused-ring (bicyclic) bond motifs is 1. The highest BCUT2D eigenvalue weighted by molar-refractivity contribution is 5.77. The number of benzene rings is 1. The van der Waals surface area contributed by atoms with Crippen LogP contribution in [0.25, 0.3) is 28.0 Å². The molecule has 4 aromatic rings. The van der Waals surface area contributed by atoms with Crippen LogP contribution in [0.5, 0.6) is 0 Å². The van der Waals surface area contributed by atoms with Gasteiger partial charge in [0.2, 0.25) is 11.9 Å². The van der Waals surface area contributed by atoms with Crippen LogP contribution < -0.4 is 11.1 Å². The molecule has 1 aromatic carbocycles. The molecule has 1 fully saturated rings. The summed E-state index contributed by atoms with van der Waals surface area (Å²) in [6.07, 6.45) is 7.18. The second kappa shape index (κ2) is 9.74. The molecule has 3 heterocycles. The Labute approximate surface area is 200 Å². The Balaban J connectivity index is 1.36. The van der Waals surface area contributed by atoms with E-state index >= 15 is 4.39 Å². The van der Waals surface area contributed by atoms with Gasteiger partial charge in [-0.25, -0.2) is 9.37 Å². The van der Waals surface area contributed by atoms with Gasteiger partial charge in [-0.15, -0.1) is 5.10 Å². The Morgan fingerprint density at radius 2 is 2.20 bits per heavy atom. The molecule has 3 aromatic heterocycles. The first kappa shape index (κ1) is 22.8. The van der Waals surface area contributed by atoms with Crippen molar-refractivity contribution in [2.24, 2.45) is 11.7 Å². The van der Waals surface area contributed by atoms with Crippen molar-refractivity contribution in [3.05, 3.63) is 42.6 Å². The summed E-state index contributed by atoms with van der Waals surface area (Å²) in [4.78, 5) is 20.3. The summed E-state index contributed by atoms with van der Waals surface area (Å²) < 4.78 is 23.6. The molecule has 0 radical (unpaired) electrons. The van der Waals surface area contributed by atoms with E-state index in [4.69, 9.17) is 10.5 Å². The lowest BCUT2D eigenvalue weighted by Gasteiger charge is -2.12. The molecule has 1 amide bonds. The smallest absolute Gasteiger partial charge is 0.225 e. The third-order valence-electron chi connectivity index (χ3n) is 6.17. The van der Waals surface area contributed by atoms with Crippen LogP contribution in [-0.4, -0.2) is 59.9 Å². The monoisotopic (exact) mass is 479 g/mol. The van der Waals surface area contributed by atoms with Crippen LogP contribution in [0.4, 0.5) is 10.3 Å². The maximum Gasteiger partial charge on any atom is 0.225 e. The zero-order chi connectivity index (χ0) is 24.4. The first-order chi connectivity index (χ1) is 17.0. The number of ether oxygens (including phenoxy) is 1. The average Bonchev–Trinajstić information content (AvgIpc) is 3.59. The molecular formula is C23H26FN9O2. The molecule has 1 saturated carbocycles. The third-order valence-corrected chi connectivity index (χ3v) is 6.17. The topological polar surface area (TPSA) is 139 Å². The van der Waals surface area contributed by atoms with Gasteiger partial charge in [-0.2, -0.15) is 14.8 Å². The Morgan fingerprint density at radius 3 is 2.97 bits per heavy atom. The number of carbonyl (C=O) groups excluding carboxylic acids is 1. The van der Waals surface area contributed by atoms with Crippen LogP contribution in [-0.2, 0) is 16.1 Å². The highest BCUT2D eigenvalue weighted by Gasteiger charge is 2.29. The van der Waals surface area contributed by atoms with Crippen molar-refractivity contribution < 1.29 is 13.9 Å². The van der Waals surface area contributed by atoms with Gasteiger partial charge in [-0.05, 0) is 38.3 Å². The minimum absolute atomic E-state index is 0.0560. The molecule has 0 spiro atoms. The highest BCUT2D eigenvalue weighted by Crippen LogP contribution is 2.28. The van der Waals surface area contributed by atoms with Gasteiger partial charge in [-0.3, -0.25) is 9.48 Å². The first-order valence-corrected chi connectivity index (χ1v) is 11.6. The van der Waals surface area contributed by atoms with E-state index in [9.17, 15) is 4.79 Å². The molecule has 0 saturated heterocycles. The van der Waals surface area contributed by atoms with E-state index in [1.807, 2.05) is 6.92 Å². The van der Waals surface area contributed by atoms with Crippen molar-refractivity contribution in [1.82, 2.24) is 34.7 Å². The predicted molar refractivity (Wildman–Crippen MR) is 126 cm³/mol. The Kier molecular flexibility index (Phi) is 6.36. The van der Waals surface area contributed by atoms with Crippen molar-refractivity contribution in [1.29, 1.82) is 0 Å². The number of halogens is 1. The van der Waals surface area contributed by atoms with E-state index in [1.54, 1.807) is 35.4 Å². The van der Waals surface area contributed by atoms with Crippen molar-refractivity contribution in [3.8, 4) is 16.8 Å². The number of hydrogen-bond donors (Lipinski definition) is 2. The number of nitrogens with zero attached hydrogens (tertiary/aromatic N) is 7. The number of rotatable bonds is 9. The Bertz CT molecular complexity index is 1350. The second-order valence-corrected chi connectivity index (χ2v) is 8.51. The number of nitrogens with one attached hydrogen (secondary N) is 1. The summed E-state index contributed by atoms with van der Waals surface area (Å²) in [6.45, 7) is 3.71. The van der Waals surface area contributed by atoms with Gasteiger partial charge in [0.15, 0.2) is 11.2 Å². The lowest BCUT2D eigenvalue weighted by molar-refractivity contribution is -0.121. The molecule has 35 heavy (non-hydrogen) atoms. The number of primary amides is 1. The average molecular weight is 480 g/mol. The molecule has 11 nitrogen and oxygen atoms in total. The molecule has 1 aliphatic rings. The van der Waals surface area contributed by atoms with Crippen molar-refractivity contribution >= 4 is 23.0 Å². The standard InChI is InChI=1S/C23H26FN9O2/c1-2-35-8-7-32-13-15(11-27-32)18-6-5-17(10-19(18)24)33-22-20(30-31-33)12-26-23(29-22)28-16-4-3-14(9-16)21(25)34/h5-6,10-14,16H,2-4,7-9H2,1H3,(H2,25,34)(H,26,28,29). The maximum atomic E-state index is 15.1. The lowest BCUT2D eigenvalue weighted by atomic mass is 10.1.